The molecule has 19 heavy (non-hydrogen) atoms. The number of carbonyl (C=O) groups is 1. The molecule has 0 saturated carbocycles. The van der Waals surface area contributed by atoms with Crippen LogP contribution in [0.4, 0.5) is 0 Å². The van der Waals surface area contributed by atoms with Gasteiger partial charge in [0.1, 0.15) is 0 Å². The van der Waals surface area contributed by atoms with Gasteiger partial charge in [0.15, 0.2) is 0 Å². The Hall–Kier alpha value is -1.40. The van der Waals surface area contributed by atoms with Gasteiger partial charge in [0.2, 0.25) is 10.0 Å². The van der Waals surface area contributed by atoms with Gasteiger partial charge in [-0.25, -0.2) is 13.6 Å². The normalized spacial score (nSPS) is 23.6. The molecule has 0 radical (unpaired) electrons. The summed E-state index contributed by atoms with van der Waals surface area (Å²) < 4.78 is 23.0. The highest BCUT2D eigenvalue weighted by atomic mass is 32.2. The van der Waals surface area contributed by atoms with E-state index in [1.165, 1.54) is 12.1 Å². The number of hydrogen-bond donors (Lipinski definition) is 1. The molecule has 0 bridgehead atoms. The van der Waals surface area contributed by atoms with Crippen LogP contribution in [0.2, 0.25) is 0 Å². The molecule has 0 aliphatic carbocycles. The van der Waals surface area contributed by atoms with Crippen LogP contribution < -0.4 is 5.14 Å². The molecule has 5 nitrogen and oxygen atoms in total. The number of nitrogens with zero attached hydrogens (tertiary/aromatic N) is 1. The zero-order chi connectivity index (χ0) is 14.2. The quantitative estimate of drug-likeness (QED) is 0.880. The topological polar surface area (TPSA) is 80.5 Å². The van der Waals surface area contributed by atoms with Crippen molar-refractivity contribution in [2.24, 2.45) is 17.0 Å². The molecule has 0 aromatic heterocycles. The summed E-state index contributed by atoms with van der Waals surface area (Å²) in [7, 11) is -3.88. The first-order valence-corrected chi connectivity index (χ1v) is 7.76. The smallest absolute Gasteiger partial charge is 0.255 e. The number of hydrogen-bond acceptors (Lipinski definition) is 3. The van der Waals surface area contributed by atoms with E-state index in [2.05, 4.69) is 13.8 Å². The van der Waals surface area contributed by atoms with Gasteiger partial charge in [-0.3, -0.25) is 4.79 Å². The van der Waals surface area contributed by atoms with Gasteiger partial charge in [-0.15, -0.1) is 0 Å². The predicted octanol–water partition coefficient (Wildman–Crippen LogP) is 1.06. The Morgan fingerprint density at radius 1 is 1.21 bits per heavy atom. The van der Waals surface area contributed by atoms with Gasteiger partial charge in [-0.05, 0) is 24.0 Å². The average Bonchev–Trinajstić information content (AvgIpc) is 2.68. The van der Waals surface area contributed by atoms with Crippen molar-refractivity contribution < 1.29 is 13.2 Å². The molecule has 2 N–H and O–H groups in total. The van der Waals surface area contributed by atoms with Crippen LogP contribution in [0.25, 0.3) is 0 Å². The van der Waals surface area contributed by atoms with Gasteiger partial charge in [-0.2, -0.15) is 0 Å². The van der Waals surface area contributed by atoms with Crippen molar-refractivity contribution in [2.45, 2.75) is 18.7 Å². The van der Waals surface area contributed by atoms with Gasteiger partial charge in [0.05, 0.1) is 10.5 Å². The van der Waals surface area contributed by atoms with Gasteiger partial charge in [-0.1, -0.05) is 26.0 Å². The molecule has 1 aliphatic heterocycles. The molecule has 1 aromatic rings. The molecule has 1 aromatic carbocycles. The highest BCUT2D eigenvalue weighted by Gasteiger charge is 2.31. The summed E-state index contributed by atoms with van der Waals surface area (Å²) in [6.07, 6.45) is 0. The Bertz CT molecular complexity index is 588. The van der Waals surface area contributed by atoms with Crippen LogP contribution >= 0.6 is 0 Å². The number of primary sulfonamides is 1. The van der Waals surface area contributed by atoms with Gasteiger partial charge in [0.25, 0.3) is 5.91 Å². The summed E-state index contributed by atoms with van der Waals surface area (Å²) in [6.45, 7) is 5.48. The monoisotopic (exact) mass is 282 g/mol. The molecule has 2 rings (SSSR count). The second-order valence-electron chi connectivity index (χ2n) is 5.21. The highest BCUT2D eigenvalue weighted by Crippen LogP contribution is 2.25. The third-order valence-electron chi connectivity index (χ3n) is 3.70. The lowest BCUT2D eigenvalue weighted by Gasteiger charge is -2.17. The van der Waals surface area contributed by atoms with E-state index in [0.29, 0.717) is 24.9 Å². The maximum Gasteiger partial charge on any atom is 0.255 e. The van der Waals surface area contributed by atoms with Crippen molar-refractivity contribution in [1.29, 1.82) is 0 Å². The lowest BCUT2D eigenvalue weighted by molar-refractivity contribution is 0.0781. The summed E-state index contributed by atoms with van der Waals surface area (Å²) in [4.78, 5) is 14.0. The van der Waals surface area contributed by atoms with Crippen molar-refractivity contribution >= 4 is 15.9 Å². The molecular weight excluding hydrogens is 264 g/mol. The van der Waals surface area contributed by atoms with Crippen LogP contribution in [0.1, 0.15) is 24.2 Å². The molecule has 104 valence electrons. The Kier molecular flexibility index (Phi) is 3.64. The second-order valence-corrected chi connectivity index (χ2v) is 6.74. The minimum absolute atomic E-state index is 0.104. The van der Waals surface area contributed by atoms with Crippen LogP contribution in [-0.2, 0) is 10.0 Å². The number of carbonyl (C=O) groups excluding carboxylic acids is 1. The van der Waals surface area contributed by atoms with Crippen molar-refractivity contribution in [3.8, 4) is 0 Å². The SMILES string of the molecule is CC1CN(C(=O)c2ccccc2S(N)(=O)=O)CC1C. The van der Waals surface area contributed by atoms with E-state index in [1.54, 1.807) is 17.0 Å². The van der Waals surface area contributed by atoms with Crippen LogP contribution in [0, 0.1) is 11.8 Å². The number of benzene rings is 1. The van der Waals surface area contributed by atoms with E-state index in [9.17, 15) is 13.2 Å². The van der Waals surface area contributed by atoms with E-state index in [4.69, 9.17) is 5.14 Å². The van der Waals surface area contributed by atoms with Crippen LogP contribution in [0.5, 0.6) is 0 Å². The first-order chi connectivity index (χ1) is 8.80. The van der Waals surface area contributed by atoms with Crippen molar-refractivity contribution in [3.63, 3.8) is 0 Å². The Balaban J connectivity index is 2.36. The fourth-order valence-corrected chi connectivity index (χ4v) is 3.09. The van der Waals surface area contributed by atoms with Crippen LogP contribution in [0.3, 0.4) is 0 Å². The maximum absolute atomic E-state index is 12.4. The number of likely N-dealkylation sites (tertiary alicyclic amines) is 1. The van der Waals surface area contributed by atoms with E-state index in [1.807, 2.05) is 0 Å². The third kappa shape index (κ3) is 2.79. The van der Waals surface area contributed by atoms with Crippen LogP contribution in [-0.4, -0.2) is 32.3 Å². The van der Waals surface area contributed by atoms with Gasteiger partial charge >= 0.3 is 0 Å². The molecule has 6 heteroatoms. The number of amides is 1. The van der Waals surface area contributed by atoms with Gasteiger partial charge < -0.3 is 4.90 Å². The van der Waals surface area contributed by atoms with Gasteiger partial charge in [0, 0.05) is 13.1 Å². The minimum atomic E-state index is -3.88. The van der Waals surface area contributed by atoms with E-state index in [-0.39, 0.29) is 16.4 Å². The highest BCUT2D eigenvalue weighted by molar-refractivity contribution is 7.89. The molecule has 1 aliphatic rings. The molecular formula is C13H18N2O3S. The molecule has 1 fully saturated rings. The third-order valence-corrected chi connectivity index (χ3v) is 4.67. The first-order valence-electron chi connectivity index (χ1n) is 6.22. The van der Waals surface area contributed by atoms with E-state index in [0.717, 1.165) is 0 Å². The zero-order valence-corrected chi connectivity index (χ0v) is 11.9. The fraction of sp³-hybridized carbons (Fsp3) is 0.462. The lowest BCUT2D eigenvalue weighted by Crippen LogP contribution is -2.30. The molecule has 0 spiro atoms. The fourth-order valence-electron chi connectivity index (χ4n) is 2.36. The first kappa shape index (κ1) is 14.0. The Morgan fingerprint density at radius 2 is 1.74 bits per heavy atom. The summed E-state index contributed by atoms with van der Waals surface area (Å²) in [5.74, 6) is 0.581. The summed E-state index contributed by atoms with van der Waals surface area (Å²) in [5, 5.41) is 5.15. The standard InChI is InChI=1S/C13H18N2O3S/c1-9-7-15(8-10(9)2)13(16)11-5-3-4-6-12(11)19(14,17)18/h3-6,9-10H,7-8H2,1-2H3,(H2,14,17,18). The summed E-state index contributed by atoms with van der Waals surface area (Å²) in [6, 6.07) is 6.08. The molecule has 1 saturated heterocycles. The molecule has 1 amide bonds. The summed E-state index contributed by atoms with van der Waals surface area (Å²) in [5.41, 5.74) is 0.159. The van der Waals surface area contributed by atoms with Crippen molar-refractivity contribution in [3.05, 3.63) is 29.8 Å². The Labute approximate surface area is 113 Å². The number of nitrogens with two attached hydrogens (primary N) is 1. The van der Waals surface area contributed by atoms with E-state index < -0.39 is 10.0 Å². The molecule has 2 atom stereocenters. The molecule has 1 heterocycles. The largest absolute Gasteiger partial charge is 0.338 e. The average molecular weight is 282 g/mol. The van der Waals surface area contributed by atoms with Crippen molar-refractivity contribution in [1.82, 2.24) is 4.90 Å². The molecule has 2 unspecified atom stereocenters. The zero-order valence-electron chi connectivity index (χ0n) is 11.0. The Morgan fingerprint density at radius 3 is 2.26 bits per heavy atom. The second kappa shape index (κ2) is 4.94. The predicted molar refractivity (Wildman–Crippen MR) is 72.0 cm³/mol. The van der Waals surface area contributed by atoms with Crippen molar-refractivity contribution in [2.75, 3.05) is 13.1 Å². The lowest BCUT2D eigenvalue weighted by atomic mass is 10.0. The summed E-state index contributed by atoms with van der Waals surface area (Å²) >= 11 is 0. The number of sulfonamides is 1. The minimum Gasteiger partial charge on any atom is -0.338 e. The maximum atomic E-state index is 12.4. The van der Waals surface area contributed by atoms with Crippen LogP contribution in [0.15, 0.2) is 29.2 Å². The number of rotatable bonds is 2. The van der Waals surface area contributed by atoms with E-state index >= 15 is 0 Å².